The Bertz CT molecular complexity index is 539. The van der Waals surface area contributed by atoms with E-state index in [9.17, 15) is 9.59 Å². The molecule has 1 rings (SSSR count). The lowest BCUT2D eigenvalue weighted by molar-refractivity contribution is -0.151. The van der Waals surface area contributed by atoms with E-state index >= 15 is 0 Å². The maximum absolute atomic E-state index is 11.7. The first-order chi connectivity index (χ1) is 9.97. The highest BCUT2D eigenvalue weighted by Crippen LogP contribution is 2.25. The van der Waals surface area contributed by atoms with Crippen LogP contribution in [-0.2, 0) is 14.3 Å². The summed E-state index contributed by atoms with van der Waals surface area (Å²) < 4.78 is 11.3. The van der Waals surface area contributed by atoms with Crippen molar-refractivity contribution in [1.82, 2.24) is 0 Å². The number of hydrogen-bond acceptors (Lipinski definition) is 4. The van der Waals surface area contributed by atoms with Gasteiger partial charge in [-0.2, -0.15) is 0 Å². The third-order valence-corrected chi connectivity index (χ3v) is 3.29. The first kappa shape index (κ1) is 17.2. The molecule has 0 bridgehead atoms. The molecule has 1 N–H and O–H groups in total. The van der Waals surface area contributed by atoms with Gasteiger partial charge in [-0.3, -0.25) is 0 Å². The van der Waals surface area contributed by atoms with Gasteiger partial charge in [-0.05, 0) is 43.2 Å². The predicted molar refractivity (Wildman–Crippen MR) is 82.2 cm³/mol. The number of aliphatic carboxylic acids is 1. The van der Waals surface area contributed by atoms with Crippen molar-refractivity contribution < 1.29 is 24.2 Å². The zero-order chi connectivity index (χ0) is 15.8. The maximum atomic E-state index is 11.7. The van der Waals surface area contributed by atoms with E-state index in [1.54, 1.807) is 25.1 Å². The zero-order valence-electron chi connectivity index (χ0n) is 11.8. The number of carboxylic acid groups (broad SMARTS) is 1. The number of ether oxygens (including phenoxy) is 2. The topological polar surface area (TPSA) is 72.8 Å². The van der Waals surface area contributed by atoms with Crippen LogP contribution in [0, 0.1) is 0 Å². The molecule has 0 heterocycles. The number of hydrogen-bond donors (Lipinski definition) is 1. The van der Waals surface area contributed by atoms with Crippen LogP contribution in [0.3, 0.4) is 0 Å². The summed E-state index contributed by atoms with van der Waals surface area (Å²) in [6, 6.07) is 5.09. The second kappa shape index (κ2) is 8.46. The lowest BCUT2D eigenvalue weighted by Crippen LogP contribution is -2.28. The van der Waals surface area contributed by atoms with Crippen LogP contribution in [0.25, 0.3) is 6.08 Å². The lowest BCUT2D eigenvalue weighted by atomic mass is 10.2. The highest BCUT2D eigenvalue weighted by atomic mass is 79.9. The molecule has 0 aromatic heterocycles. The van der Waals surface area contributed by atoms with Crippen LogP contribution >= 0.6 is 15.9 Å². The molecule has 0 aliphatic heterocycles. The summed E-state index contributed by atoms with van der Waals surface area (Å²) in [5.41, 5.74) is 0.647. The van der Waals surface area contributed by atoms with Crippen molar-refractivity contribution >= 4 is 33.9 Å². The highest BCUT2D eigenvalue weighted by molar-refractivity contribution is 9.10. The molecular formula is C15H17BrO5. The van der Waals surface area contributed by atoms with Crippen molar-refractivity contribution in [2.75, 3.05) is 6.61 Å². The molecule has 1 aromatic carbocycles. The van der Waals surface area contributed by atoms with Crippen LogP contribution in [0.5, 0.6) is 5.75 Å². The molecule has 0 fully saturated rings. The van der Waals surface area contributed by atoms with E-state index < -0.39 is 18.0 Å². The fraction of sp³-hybridized carbons (Fsp3) is 0.333. The number of rotatable bonds is 7. The fourth-order valence-electron chi connectivity index (χ4n) is 1.58. The summed E-state index contributed by atoms with van der Waals surface area (Å²) in [5.74, 6) is -0.972. The van der Waals surface area contributed by atoms with E-state index in [0.717, 1.165) is 10.5 Å². The Kier molecular flexibility index (Phi) is 6.94. The van der Waals surface area contributed by atoms with Crippen molar-refractivity contribution in [1.29, 1.82) is 0 Å². The third kappa shape index (κ3) is 5.59. The molecule has 6 heteroatoms. The van der Waals surface area contributed by atoms with Crippen molar-refractivity contribution in [3.8, 4) is 5.75 Å². The van der Waals surface area contributed by atoms with Crippen molar-refractivity contribution in [2.24, 2.45) is 0 Å². The first-order valence-corrected chi connectivity index (χ1v) is 7.31. The molecule has 0 spiro atoms. The van der Waals surface area contributed by atoms with Crippen LogP contribution < -0.4 is 4.74 Å². The second-order valence-corrected chi connectivity index (χ2v) is 4.98. The van der Waals surface area contributed by atoms with E-state index in [1.807, 2.05) is 6.92 Å². The molecule has 0 saturated heterocycles. The summed E-state index contributed by atoms with van der Waals surface area (Å²) in [6.45, 7) is 3.86. The molecule has 1 aromatic rings. The minimum atomic E-state index is -1.04. The van der Waals surface area contributed by atoms with Gasteiger partial charge in [0.05, 0.1) is 6.61 Å². The number of esters is 1. The monoisotopic (exact) mass is 356 g/mol. The Morgan fingerprint density at radius 3 is 2.67 bits per heavy atom. The first-order valence-electron chi connectivity index (χ1n) is 6.51. The van der Waals surface area contributed by atoms with Gasteiger partial charge in [0, 0.05) is 10.5 Å². The van der Waals surface area contributed by atoms with Crippen LogP contribution in [0.2, 0.25) is 0 Å². The van der Waals surface area contributed by atoms with Crippen LogP contribution in [0.15, 0.2) is 28.7 Å². The SMILES string of the molecule is CCOC(=O)C(CC)Oc1ccc(Br)c(/C=C/C(=O)O)c1. The molecule has 0 radical (unpaired) electrons. The van der Waals surface area contributed by atoms with Gasteiger partial charge in [-0.1, -0.05) is 22.9 Å². The van der Waals surface area contributed by atoms with Crippen LogP contribution in [0.1, 0.15) is 25.8 Å². The van der Waals surface area contributed by atoms with E-state index in [1.165, 1.54) is 6.08 Å². The van der Waals surface area contributed by atoms with E-state index in [0.29, 0.717) is 24.3 Å². The number of carboxylic acids is 1. The van der Waals surface area contributed by atoms with Gasteiger partial charge in [0.2, 0.25) is 0 Å². The van der Waals surface area contributed by atoms with Gasteiger partial charge < -0.3 is 14.6 Å². The number of halogens is 1. The lowest BCUT2D eigenvalue weighted by Gasteiger charge is -2.16. The predicted octanol–water partition coefficient (Wildman–Crippen LogP) is 3.27. The van der Waals surface area contributed by atoms with Crippen molar-refractivity contribution in [3.05, 3.63) is 34.3 Å². The third-order valence-electron chi connectivity index (χ3n) is 2.57. The molecule has 114 valence electrons. The average Bonchev–Trinajstić information content (AvgIpc) is 2.44. The zero-order valence-corrected chi connectivity index (χ0v) is 13.4. The number of carbonyl (C=O) groups is 2. The molecule has 0 aliphatic rings. The van der Waals surface area contributed by atoms with Crippen LogP contribution in [0.4, 0.5) is 0 Å². The maximum Gasteiger partial charge on any atom is 0.347 e. The van der Waals surface area contributed by atoms with Gasteiger partial charge in [0.15, 0.2) is 6.10 Å². The smallest absolute Gasteiger partial charge is 0.347 e. The standard InChI is InChI=1S/C15H17BrO5/c1-3-13(15(19)20-4-2)21-11-6-7-12(16)10(9-11)5-8-14(17)18/h5-9,13H,3-4H2,1-2H3,(H,17,18)/b8-5+. The molecule has 0 amide bonds. The van der Waals surface area contributed by atoms with Gasteiger partial charge in [-0.25, -0.2) is 9.59 Å². The van der Waals surface area contributed by atoms with E-state index in [4.69, 9.17) is 14.6 Å². The molecule has 1 atom stereocenters. The van der Waals surface area contributed by atoms with Crippen molar-refractivity contribution in [2.45, 2.75) is 26.4 Å². The molecular weight excluding hydrogens is 340 g/mol. The van der Waals surface area contributed by atoms with E-state index in [2.05, 4.69) is 15.9 Å². The average molecular weight is 357 g/mol. The summed E-state index contributed by atoms with van der Waals surface area (Å²) in [4.78, 5) is 22.3. The summed E-state index contributed by atoms with van der Waals surface area (Å²) in [6.07, 6.45) is 2.29. The summed E-state index contributed by atoms with van der Waals surface area (Å²) >= 11 is 3.33. The minimum absolute atomic E-state index is 0.297. The Balaban J connectivity index is 2.90. The Morgan fingerprint density at radius 1 is 1.38 bits per heavy atom. The number of carbonyl (C=O) groups excluding carboxylic acids is 1. The largest absolute Gasteiger partial charge is 0.479 e. The van der Waals surface area contributed by atoms with E-state index in [-0.39, 0.29) is 0 Å². The van der Waals surface area contributed by atoms with Gasteiger partial charge >= 0.3 is 11.9 Å². The Morgan fingerprint density at radius 2 is 2.10 bits per heavy atom. The molecule has 1 unspecified atom stereocenters. The van der Waals surface area contributed by atoms with Gasteiger partial charge in [-0.15, -0.1) is 0 Å². The Labute approximate surface area is 131 Å². The van der Waals surface area contributed by atoms with Crippen molar-refractivity contribution in [3.63, 3.8) is 0 Å². The fourth-order valence-corrected chi connectivity index (χ4v) is 1.96. The highest BCUT2D eigenvalue weighted by Gasteiger charge is 2.19. The molecule has 0 saturated carbocycles. The van der Waals surface area contributed by atoms with Gasteiger partial charge in [0.25, 0.3) is 0 Å². The molecule has 0 aliphatic carbocycles. The van der Waals surface area contributed by atoms with Crippen LogP contribution in [-0.4, -0.2) is 29.8 Å². The minimum Gasteiger partial charge on any atom is -0.479 e. The van der Waals surface area contributed by atoms with Gasteiger partial charge in [0.1, 0.15) is 5.75 Å². The molecule has 21 heavy (non-hydrogen) atoms. The molecule has 5 nitrogen and oxygen atoms in total. The second-order valence-electron chi connectivity index (χ2n) is 4.12. The normalized spacial score (nSPS) is 12.1. The Hall–Kier alpha value is -1.82. The summed E-state index contributed by atoms with van der Waals surface area (Å²) in [7, 11) is 0. The summed E-state index contributed by atoms with van der Waals surface area (Å²) in [5, 5.41) is 8.66. The number of benzene rings is 1. The quantitative estimate of drug-likeness (QED) is 0.599.